The molecule has 1 unspecified atom stereocenters. The number of nitriles is 1. The molecule has 0 N–H and O–H groups in total. The molecular weight excluding hydrogens is 585 g/mol. The predicted molar refractivity (Wildman–Crippen MR) is 133 cm³/mol. The number of Topliss-reactive ketones (excluding diaryl/α,β-unsaturated/α-hetero) is 1. The third-order valence-electron chi connectivity index (χ3n) is 4.91. The maximum Gasteiger partial charge on any atom is 0.416 e. The first-order valence-corrected chi connectivity index (χ1v) is 11.8. The smallest absolute Gasteiger partial charge is 0.416 e. The fourth-order valence-electron chi connectivity index (χ4n) is 3.14. The zero-order chi connectivity index (χ0) is 26.8. The summed E-state index contributed by atoms with van der Waals surface area (Å²) in [6.07, 6.45) is -4.70. The van der Waals surface area contributed by atoms with Crippen molar-refractivity contribution >= 4 is 63.8 Å². The molecule has 0 aliphatic heterocycles. The number of carbonyl (C=O) groups is 1. The molecular formula is C24H13Cl5F3NO3. The van der Waals surface area contributed by atoms with Gasteiger partial charge >= 0.3 is 6.18 Å². The predicted octanol–water partition coefficient (Wildman–Crippen LogP) is 9.54. The lowest BCUT2D eigenvalue weighted by Gasteiger charge is -2.28. The van der Waals surface area contributed by atoms with E-state index in [1.54, 1.807) is 0 Å². The van der Waals surface area contributed by atoms with E-state index in [1.165, 1.54) is 37.3 Å². The van der Waals surface area contributed by atoms with Crippen LogP contribution in [-0.2, 0) is 16.6 Å². The summed E-state index contributed by atoms with van der Waals surface area (Å²) >= 11 is 30.7. The van der Waals surface area contributed by atoms with Crippen LogP contribution >= 0.6 is 58.0 Å². The van der Waals surface area contributed by atoms with Crippen molar-refractivity contribution in [3.63, 3.8) is 0 Å². The number of nitrogens with zero attached hydrogens (tertiary/aromatic N) is 1. The SMILES string of the molecule is CCC(=O)C(C#N)(Oc1cc(Oc2ccc(C(F)(F)F)cc2Cl)c(Cl)cc1Cl)c1ccc(Cl)cc1Cl. The second-order valence-corrected chi connectivity index (χ2v) is 9.32. The highest BCUT2D eigenvalue weighted by atomic mass is 35.5. The van der Waals surface area contributed by atoms with Gasteiger partial charge in [0, 0.05) is 23.1 Å². The molecule has 0 saturated carbocycles. The Bertz CT molecular complexity index is 1370. The number of rotatable bonds is 7. The molecule has 0 bridgehead atoms. The first-order valence-electron chi connectivity index (χ1n) is 9.95. The van der Waals surface area contributed by atoms with E-state index in [0.717, 1.165) is 12.1 Å². The highest BCUT2D eigenvalue weighted by Crippen LogP contribution is 2.44. The summed E-state index contributed by atoms with van der Waals surface area (Å²) in [5.41, 5.74) is -3.15. The molecule has 188 valence electrons. The van der Waals surface area contributed by atoms with Gasteiger partial charge in [-0.3, -0.25) is 4.79 Å². The maximum absolute atomic E-state index is 13.0. The van der Waals surface area contributed by atoms with Gasteiger partial charge in [0.05, 0.1) is 25.7 Å². The molecule has 3 aromatic carbocycles. The normalized spacial score (nSPS) is 13.0. The largest absolute Gasteiger partial charge is 0.459 e. The Hall–Kier alpha value is -2.34. The summed E-state index contributed by atoms with van der Waals surface area (Å²) in [6, 6.07) is 10.9. The molecule has 0 heterocycles. The van der Waals surface area contributed by atoms with Crippen LogP contribution < -0.4 is 9.47 Å². The molecule has 0 radical (unpaired) electrons. The maximum atomic E-state index is 13.0. The van der Waals surface area contributed by atoms with Crippen LogP contribution in [0, 0.1) is 11.3 Å². The van der Waals surface area contributed by atoms with Crippen LogP contribution in [0.3, 0.4) is 0 Å². The molecule has 4 nitrogen and oxygen atoms in total. The fraction of sp³-hybridized carbons (Fsp3) is 0.167. The minimum Gasteiger partial charge on any atom is -0.459 e. The number of benzene rings is 3. The summed E-state index contributed by atoms with van der Waals surface area (Å²) in [5, 5.41) is 9.88. The lowest BCUT2D eigenvalue weighted by atomic mass is 9.89. The molecule has 1 atom stereocenters. The van der Waals surface area contributed by atoms with E-state index in [2.05, 4.69) is 0 Å². The monoisotopic (exact) mass is 595 g/mol. The Labute approximate surface area is 229 Å². The molecule has 0 amide bonds. The number of alkyl halides is 3. The lowest BCUT2D eigenvalue weighted by molar-refractivity contribution is -0.137. The highest BCUT2D eigenvalue weighted by Gasteiger charge is 2.44. The van der Waals surface area contributed by atoms with Gasteiger partial charge in [-0.15, -0.1) is 0 Å². The minimum atomic E-state index is -4.60. The molecule has 36 heavy (non-hydrogen) atoms. The molecule has 0 aliphatic carbocycles. The Morgan fingerprint density at radius 1 is 0.861 bits per heavy atom. The number of ketones is 1. The molecule has 3 rings (SSSR count). The van der Waals surface area contributed by atoms with E-state index < -0.39 is 23.1 Å². The van der Waals surface area contributed by atoms with Gasteiger partial charge < -0.3 is 9.47 Å². The van der Waals surface area contributed by atoms with Crippen molar-refractivity contribution < 1.29 is 27.4 Å². The third-order valence-corrected chi connectivity index (χ3v) is 6.34. The second kappa shape index (κ2) is 11.0. The molecule has 0 aliphatic rings. The summed E-state index contributed by atoms with van der Waals surface area (Å²) < 4.78 is 50.3. The number of halogens is 8. The number of ether oxygens (including phenoxy) is 2. The Balaban J connectivity index is 2.07. The first-order chi connectivity index (χ1) is 16.8. The van der Waals surface area contributed by atoms with Crippen LogP contribution in [0.15, 0.2) is 48.5 Å². The molecule has 0 fully saturated rings. The zero-order valence-corrected chi connectivity index (χ0v) is 21.8. The van der Waals surface area contributed by atoms with Crippen molar-refractivity contribution in [3.05, 3.63) is 84.8 Å². The van der Waals surface area contributed by atoms with E-state index in [4.69, 9.17) is 67.5 Å². The summed E-state index contributed by atoms with van der Waals surface area (Å²) in [5.74, 6) is -1.07. The summed E-state index contributed by atoms with van der Waals surface area (Å²) in [7, 11) is 0. The van der Waals surface area contributed by atoms with Crippen molar-refractivity contribution in [2.45, 2.75) is 25.1 Å². The zero-order valence-electron chi connectivity index (χ0n) is 18.0. The average Bonchev–Trinajstić information content (AvgIpc) is 2.80. The first kappa shape index (κ1) is 28.2. The van der Waals surface area contributed by atoms with Gasteiger partial charge in [-0.2, -0.15) is 18.4 Å². The topological polar surface area (TPSA) is 59.3 Å². The molecule has 12 heteroatoms. The van der Waals surface area contributed by atoms with Crippen molar-refractivity contribution in [1.82, 2.24) is 0 Å². The van der Waals surface area contributed by atoms with E-state index in [0.29, 0.717) is 6.07 Å². The number of hydrogen-bond acceptors (Lipinski definition) is 4. The van der Waals surface area contributed by atoms with E-state index >= 15 is 0 Å². The van der Waals surface area contributed by atoms with Crippen molar-refractivity contribution in [3.8, 4) is 23.3 Å². The number of carbonyl (C=O) groups excluding carboxylic acids is 1. The van der Waals surface area contributed by atoms with Gasteiger partial charge in [0.15, 0.2) is 5.78 Å². The summed E-state index contributed by atoms with van der Waals surface area (Å²) in [6.45, 7) is 1.53. The van der Waals surface area contributed by atoms with Crippen molar-refractivity contribution in [2.75, 3.05) is 0 Å². The van der Waals surface area contributed by atoms with Gasteiger partial charge in [-0.25, -0.2) is 0 Å². The quantitative estimate of drug-likeness (QED) is 0.272. The highest BCUT2D eigenvalue weighted by molar-refractivity contribution is 6.37. The van der Waals surface area contributed by atoms with Gasteiger partial charge in [0.1, 0.15) is 23.3 Å². The Morgan fingerprint density at radius 3 is 2.06 bits per heavy atom. The van der Waals surface area contributed by atoms with Gasteiger partial charge in [0.25, 0.3) is 5.60 Å². The van der Waals surface area contributed by atoms with Crippen LogP contribution in [0.1, 0.15) is 24.5 Å². The number of hydrogen-bond donors (Lipinski definition) is 0. The van der Waals surface area contributed by atoms with Crippen LogP contribution in [0.2, 0.25) is 25.1 Å². The van der Waals surface area contributed by atoms with Gasteiger partial charge in [-0.05, 0) is 36.4 Å². The van der Waals surface area contributed by atoms with E-state index in [-0.39, 0.29) is 54.3 Å². The minimum absolute atomic E-state index is 0.00365. The molecule has 3 aromatic rings. The van der Waals surface area contributed by atoms with Gasteiger partial charge in [0.2, 0.25) is 0 Å². The second-order valence-electron chi connectivity index (χ2n) is 7.25. The third kappa shape index (κ3) is 5.80. The standard InChI is InChI=1S/C24H13Cl5F3NO3/c1-2-22(34)23(11-33,14-5-4-13(25)8-15(14)26)36-21-10-20(17(28)9-18(21)29)35-19-6-3-12(7-16(19)27)24(30,31)32/h3-10H,2H2,1H3. The van der Waals surface area contributed by atoms with E-state index in [1.807, 2.05) is 6.07 Å². The van der Waals surface area contributed by atoms with Crippen LogP contribution in [0.25, 0.3) is 0 Å². The molecule has 0 aromatic heterocycles. The Kier molecular flexibility index (Phi) is 8.59. The van der Waals surface area contributed by atoms with E-state index in [9.17, 15) is 23.2 Å². The van der Waals surface area contributed by atoms with Crippen molar-refractivity contribution in [2.24, 2.45) is 0 Å². The van der Waals surface area contributed by atoms with Crippen LogP contribution in [0.5, 0.6) is 17.2 Å². The van der Waals surface area contributed by atoms with Crippen LogP contribution in [-0.4, -0.2) is 5.78 Å². The molecule has 0 spiro atoms. The van der Waals surface area contributed by atoms with Crippen LogP contribution in [0.4, 0.5) is 13.2 Å². The fourth-order valence-corrected chi connectivity index (χ4v) is 4.36. The lowest BCUT2D eigenvalue weighted by Crippen LogP contribution is -2.40. The van der Waals surface area contributed by atoms with Gasteiger partial charge in [-0.1, -0.05) is 71.0 Å². The Morgan fingerprint density at radius 2 is 1.50 bits per heavy atom. The average molecular weight is 598 g/mol. The summed E-state index contributed by atoms with van der Waals surface area (Å²) in [4.78, 5) is 13.0. The van der Waals surface area contributed by atoms with Crippen molar-refractivity contribution in [1.29, 1.82) is 5.26 Å². The molecule has 0 saturated heterocycles.